The maximum atomic E-state index is 12.1. The lowest BCUT2D eigenvalue weighted by atomic mass is 10.1. The van der Waals surface area contributed by atoms with Gasteiger partial charge in [-0.3, -0.25) is 9.59 Å². The monoisotopic (exact) mass is 370 g/mol. The van der Waals surface area contributed by atoms with E-state index in [1.807, 2.05) is 42.6 Å². The number of benzene rings is 1. The van der Waals surface area contributed by atoms with E-state index in [1.54, 1.807) is 17.4 Å². The zero-order valence-electron chi connectivity index (χ0n) is 14.2. The molecule has 7 nitrogen and oxygen atoms in total. The molecular weight excluding hydrogens is 352 g/mol. The Morgan fingerprint density at radius 3 is 2.73 bits per heavy atom. The highest BCUT2D eigenvalue weighted by atomic mass is 32.1. The minimum Gasteiger partial charge on any atom is -0.355 e. The van der Waals surface area contributed by atoms with E-state index in [0.717, 1.165) is 16.3 Å². The molecular formula is C18H18N4O3S. The highest BCUT2D eigenvalue weighted by molar-refractivity contribution is 7.09. The summed E-state index contributed by atoms with van der Waals surface area (Å²) < 4.78 is 5.18. The maximum Gasteiger partial charge on any atom is 0.273 e. The lowest BCUT2D eigenvalue weighted by Crippen LogP contribution is -2.37. The molecule has 8 heteroatoms. The first-order valence-corrected chi connectivity index (χ1v) is 8.98. The molecule has 2 amide bonds. The Bertz CT molecular complexity index is 889. The molecule has 0 fully saturated rings. The van der Waals surface area contributed by atoms with Crippen LogP contribution in [-0.2, 0) is 11.2 Å². The summed E-state index contributed by atoms with van der Waals surface area (Å²) >= 11 is 1.57. The topological polar surface area (TPSA) is 97.1 Å². The molecule has 2 heterocycles. The van der Waals surface area contributed by atoms with Gasteiger partial charge in [0.25, 0.3) is 5.91 Å². The van der Waals surface area contributed by atoms with Crippen molar-refractivity contribution < 1.29 is 14.1 Å². The Labute approximate surface area is 154 Å². The van der Waals surface area contributed by atoms with Crippen LogP contribution in [0.2, 0.25) is 0 Å². The quantitative estimate of drug-likeness (QED) is 0.664. The number of hydrogen-bond acceptors (Lipinski definition) is 6. The number of carbonyl (C=O) groups is 2. The molecule has 26 heavy (non-hydrogen) atoms. The maximum absolute atomic E-state index is 12.1. The Morgan fingerprint density at radius 1 is 1.19 bits per heavy atom. The van der Waals surface area contributed by atoms with E-state index < -0.39 is 5.91 Å². The minimum absolute atomic E-state index is 0.122. The average molecular weight is 370 g/mol. The van der Waals surface area contributed by atoms with Crippen LogP contribution in [0.3, 0.4) is 0 Å². The normalized spacial score (nSPS) is 10.5. The third-order valence-corrected chi connectivity index (χ3v) is 4.56. The molecule has 0 atom stereocenters. The second-order valence-electron chi connectivity index (χ2n) is 5.61. The van der Waals surface area contributed by atoms with Crippen LogP contribution in [0.1, 0.15) is 21.2 Å². The van der Waals surface area contributed by atoms with Crippen LogP contribution in [0.15, 0.2) is 46.3 Å². The molecule has 0 saturated heterocycles. The van der Waals surface area contributed by atoms with Crippen molar-refractivity contribution in [1.29, 1.82) is 0 Å². The average Bonchev–Trinajstić information content (AvgIpc) is 3.30. The van der Waals surface area contributed by atoms with Crippen molar-refractivity contribution >= 4 is 23.2 Å². The van der Waals surface area contributed by atoms with Gasteiger partial charge in [-0.25, -0.2) is 4.98 Å². The first-order chi connectivity index (χ1) is 12.6. The second kappa shape index (κ2) is 8.39. The summed E-state index contributed by atoms with van der Waals surface area (Å²) in [7, 11) is 0. The molecule has 0 spiro atoms. The van der Waals surface area contributed by atoms with Crippen molar-refractivity contribution in [2.24, 2.45) is 0 Å². The number of nitrogens with one attached hydrogen (secondary N) is 2. The van der Waals surface area contributed by atoms with Crippen LogP contribution in [0.25, 0.3) is 11.3 Å². The smallest absolute Gasteiger partial charge is 0.273 e. The van der Waals surface area contributed by atoms with Crippen molar-refractivity contribution in [1.82, 2.24) is 20.8 Å². The van der Waals surface area contributed by atoms with Gasteiger partial charge in [-0.1, -0.05) is 35.5 Å². The molecule has 0 aliphatic heterocycles. The predicted octanol–water partition coefficient (Wildman–Crippen LogP) is 2.20. The van der Waals surface area contributed by atoms with Crippen LogP contribution in [-0.4, -0.2) is 35.0 Å². The fraction of sp³-hybridized carbons (Fsp3) is 0.222. The zero-order valence-corrected chi connectivity index (χ0v) is 15.0. The van der Waals surface area contributed by atoms with Crippen molar-refractivity contribution in [3.63, 3.8) is 0 Å². The first kappa shape index (κ1) is 17.8. The summed E-state index contributed by atoms with van der Waals surface area (Å²) in [4.78, 5) is 28.2. The third-order valence-electron chi connectivity index (χ3n) is 3.54. The van der Waals surface area contributed by atoms with Crippen molar-refractivity contribution in [3.8, 4) is 11.3 Å². The fourth-order valence-corrected chi connectivity index (χ4v) is 3.04. The second-order valence-corrected chi connectivity index (χ2v) is 6.55. The van der Waals surface area contributed by atoms with Gasteiger partial charge < -0.3 is 15.2 Å². The number of aromatic nitrogens is 2. The molecule has 0 aliphatic carbocycles. The van der Waals surface area contributed by atoms with E-state index >= 15 is 0 Å². The van der Waals surface area contributed by atoms with Crippen LogP contribution in [0.5, 0.6) is 0 Å². The summed E-state index contributed by atoms with van der Waals surface area (Å²) in [6.07, 6.45) is 0.669. The van der Waals surface area contributed by atoms with Crippen LogP contribution in [0, 0.1) is 6.92 Å². The minimum atomic E-state index is -0.457. The largest absolute Gasteiger partial charge is 0.355 e. The summed E-state index contributed by atoms with van der Waals surface area (Å²) in [5.74, 6) is -0.223. The van der Waals surface area contributed by atoms with E-state index in [9.17, 15) is 9.59 Å². The summed E-state index contributed by atoms with van der Waals surface area (Å²) in [5.41, 5.74) is 1.94. The number of amides is 2. The summed E-state index contributed by atoms with van der Waals surface area (Å²) in [6, 6.07) is 10.9. The van der Waals surface area contributed by atoms with E-state index in [4.69, 9.17) is 4.52 Å². The Morgan fingerprint density at radius 2 is 2.00 bits per heavy atom. The van der Waals surface area contributed by atoms with Gasteiger partial charge in [-0.15, -0.1) is 11.3 Å². The van der Waals surface area contributed by atoms with Gasteiger partial charge in [0, 0.05) is 35.7 Å². The van der Waals surface area contributed by atoms with Gasteiger partial charge in [0.15, 0.2) is 11.5 Å². The van der Waals surface area contributed by atoms with E-state index in [0.29, 0.717) is 18.7 Å². The number of hydrogen-bond donors (Lipinski definition) is 2. The number of thiazole rings is 1. The third kappa shape index (κ3) is 4.76. The van der Waals surface area contributed by atoms with E-state index in [2.05, 4.69) is 20.8 Å². The summed E-state index contributed by atoms with van der Waals surface area (Å²) in [5, 5.41) is 12.0. The SMILES string of the molecule is Cc1csc(CCNC(=O)CNC(=O)c2cc(-c3ccccc3)on2)n1. The van der Waals surface area contributed by atoms with Gasteiger partial charge in [0.1, 0.15) is 0 Å². The number of aryl methyl sites for hydroxylation is 1. The van der Waals surface area contributed by atoms with Crippen LogP contribution in [0.4, 0.5) is 0 Å². The highest BCUT2D eigenvalue weighted by Crippen LogP contribution is 2.19. The molecule has 3 rings (SSSR count). The zero-order chi connectivity index (χ0) is 18.4. The van der Waals surface area contributed by atoms with Crippen LogP contribution < -0.4 is 10.6 Å². The molecule has 134 valence electrons. The standard InChI is InChI=1S/C18H18N4O3S/c1-12-11-26-17(21-12)7-8-19-16(23)10-20-18(24)14-9-15(25-22-14)13-5-3-2-4-6-13/h2-6,9,11H,7-8,10H2,1H3,(H,19,23)(H,20,24). The fourth-order valence-electron chi connectivity index (χ4n) is 2.26. The Hall–Kier alpha value is -3.00. The number of nitrogens with zero attached hydrogens (tertiary/aromatic N) is 2. The van der Waals surface area contributed by atoms with E-state index in [1.165, 1.54) is 0 Å². The lowest BCUT2D eigenvalue weighted by molar-refractivity contribution is -0.120. The molecule has 0 saturated carbocycles. The van der Waals surface area contributed by atoms with Gasteiger partial charge in [0.05, 0.1) is 11.6 Å². The molecule has 0 aliphatic rings. The lowest BCUT2D eigenvalue weighted by Gasteiger charge is -2.04. The molecule has 0 bridgehead atoms. The predicted molar refractivity (Wildman–Crippen MR) is 97.8 cm³/mol. The number of rotatable bonds is 7. The first-order valence-electron chi connectivity index (χ1n) is 8.10. The Kier molecular flexibility index (Phi) is 5.75. The van der Waals surface area contributed by atoms with Gasteiger partial charge in [-0.2, -0.15) is 0 Å². The van der Waals surface area contributed by atoms with E-state index in [-0.39, 0.29) is 18.1 Å². The number of carbonyl (C=O) groups excluding carboxylic acids is 2. The highest BCUT2D eigenvalue weighted by Gasteiger charge is 2.14. The molecule has 0 unspecified atom stereocenters. The summed E-state index contributed by atoms with van der Waals surface area (Å²) in [6.45, 7) is 2.29. The molecule has 0 radical (unpaired) electrons. The van der Waals surface area contributed by atoms with Crippen molar-refractivity contribution in [2.75, 3.05) is 13.1 Å². The van der Waals surface area contributed by atoms with Crippen molar-refractivity contribution in [3.05, 3.63) is 58.2 Å². The van der Waals surface area contributed by atoms with Crippen LogP contribution >= 0.6 is 11.3 Å². The molecule has 3 aromatic rings. The Balaban J connectivity index is 1.43. The molecule has 2 aromatic heterocycles. The molecule has 1 aromatic carbocycles. The molecule has 2 N–H and O–H groups in total. The van der Waals surface area contributed by atoms with Gasteiger partial charge in [-0.05, 0) is 6.92 Å². The van der Waals surface area contributed by atoms with Gasteiger partial charge >= 0.3 is 0 Å². The van der Waals surface area contributed by atoms with Gasteiger partial charge in [0.2, 0.25) is 5.91 Å². The van der Waals surface area contributed by atoms with Crippen molar-refractivity contribution in [2.45, 2.75) is 13.3 Å².